The van der Waals surface area contributed by atoms with Gasteiger partial charge in [0.15, 0.2) is 5.11 Å². The van der Waals surface area contributed by atoms with E-state index < -0.39 is 0 Å². The highest BCUT2D eigenvalue weighted by Crippen LogP contribution is 2.28. The Morgan fingerprint density at radius 3 is 2.52 bits per heavy atom. The van der Waals surface area contributed by atoms with Crippen molar-refractivity contribution < 1.29 is 14.2 Å². The number of hydrogen-bond donors (Lipinski definition) is 2. The normalized spacial score (nSPS) is 29.2. The number of rotatable bonds is 4. The van der Waals surface area contributed by atoms with Crippen molar-refractivity contribution in [1.29, 1.82) is 0 Å². The van der Waals surface area contributed by atoms with E-state index in [2.05, 4.69) is 15.5 Å². The molecule has 0 unspecified atom stereocenters. The molecule has 2 N–H and O–H groups in total. The molecule has 3 rings (SSSR count). The number of hydrogen-bond acceptors (Lipinski definition) is 5. The summed E-state index contributed by atoms with van der Waals surface area (Å²) in [5.74, 6) is 0. The smallest absolute Gasteiger partial charge is 0.171 e. The molecule has 23 heavy (non-hydrogen) atoms. The van der Waals surface area contributed by atoms with E-state index in [1.807, 2.05) is 38.4 Å². The van der Waals surface area contributed by atoms with Crippen LogP contribution in [0.4, 0.5) is 11.4 Å². The number of nitrogens with one attached hydrogen (secondary N) is 2. The number of methoxy groups -OCH3 is 1. The van der Waals surface area contributed by atoms with Gasteiger partial charge in [-0.1, -0.05) is 0 Å². The first-order valence-electron chi connectivity index (χ1n) is 7.69. The Hall–Kier alpha value is -1.41. The number of fused-ring (bicyclic) bond motifs is 1. The molecule has 0 aromatic heterocycles. The highest BCUT2D eigenvalue weighted by molar-refractivity contribution is 7.80. The average Bonchev–Trinajstić information content (AvgIpc) is 3.10. The number of nitrogens with zero attached hydrogens (tertiary/aromatic N) is 1. The minimum absolute atomic E-state index is 0.00640. The largest absolute Gasteiger partial charge is 0.378 e. The molecule has 0 aliphatic carbocycles. The molecule has 6 nitrogen and oxygen atoms in total. The van der Waals surface area contributed by atoms with Gasteiger partial charge in [0.25, 0.3) is 0 Å². The molecule has 0 spiro atoms. The van der Waals surface area contributed by atoms with Crippen LogP contribution in [0.1, 0.15) is 0 Å². The molecule has 126 valence electrons. The molecule has 0 radical (unpaired) electrons. The molecule has 2 heterocycles. The summed E-state index contributed by atoms with van der Waals surface area (Å²) in [6.07, 6.45) is -0.0256. The molecular weight excluding hydrogens is 314 g/mol. The fourth-order valence-electron chi connectivity index (χ4n) is 2.97. The first kappa shape index (κ1) is 16.4. The van der Waals surface area contributed by atoms with Crippen molar-refractivity contribution >= 4 is 28.7 Å². The van der Waals surface area contributed by atoms with Crippen LogP contribution in [0.3, 0.4) is 0 Å². The third-order valence-electron chi connectivity index (χ3n) is 4.27. The van der Waals surface area contributed by atoms with Crippen LogP contribution in [0, 0.1) is 0 Å². The van der Waals surface area contributed by atoms with E-state index in [-0.39, 0.29) is 24.4 Å². The van der Waals surface area contributed by atoms with Gasteiger partial charge in [0.05, 0.1) is 19.3 Å². The van der Waals surface area contributed by atoms with Crippen LogP contribution in [-0.2, 0) is 14.2 Å². The van der Waals surface area contributed by atoms with Crippen molar-refractivity contribution in [2.24, 2.45) is 0 Å². The third kappa shape index (κ3) is 3.58. The van der Waals surface area contributed by atoms with Crippen LogP contribution in [0.2, 0.25) is 0 Å². The zero-order valence-electron chi connectivity index (χ0n) is 13.6. The van der Waals surface area contributed by atoms with Crippen LogP contribution < -0.4 is 15.5 Å². The molecule has 0 saturated carbocycles. The van der Waals surface area contributed by atoms with Gasteiger partial charge in [-0.05, 0) is 36.5 Å². The van der Waals surface area contributed by atoms with E-state index in [4.69, 9.17) is 26.4 Å². The van der Waals surface area contributed by atoms with E-state index >= 15 is 0 Å². The number of thiocarbonyl (C=S) groups is 1. The second kappa shape index (κ2) is 7.00. The number of anilines is 2. The predicted molar refractivity (Wildman–Crippen MR) is 94.2 cm³/mol. The van der Waals surface area contributed by atoms with Crippen LogP contribution in [-0.4, -0.2) is 63.9 Å². The molecule has 7 heteroatoms. The molecule has 0 bridgehead atoms. The monoisotopic (exact) mass is 337 g/mol. The minimum atomic E-state index is -0.0178. The lowest BCUT2D eigenvalue weighted by Gasteiger charge is -2.20. The third-order valence-corrected chi connectivity index (χ3v) is 4.49. The molecule has 2 saturated heterocycles. The molecule has 2 aliphatic heterocycles. The van der Waals surface area contributed by atoms with Crippen LogP contribution >= 0.6 is 12.2 Å². The van der Waals surface area contributed by atoms with Gasteiger partial charge in [0, 0.05) is 32.6 Å². The van der Waals surface area contributed by atoms with Gasteiger partial charge in [0.2, 0.25) is 0 Å². The summed E-state index contributed by atoms with van der Waals surface area (Å²) in [5.41, 5.74) is 2.09. The Morgan fingerprint density at radius 1 is 1.17 bits per heavy atom. The van der Waals surface area contributed by atoms with Gasteiger partial charge >= 0.3 is 0 Å². The SMILES string of the molecule is CO[C@@H]1CO[C@H]2[C@H]1OC[C@H]2NC(=S)Nc1ccc(N(C)C)cc1. The molecule has 1 aromatic rings. The topological polar surface area (TPSA) is 55.0 Å². The van der Waals surface area contributed by atoms with Gasteiger partial charge in [-0.2, -0.15) is 0 Å². The zero-order valence-corrected chi connectivity index (χ0v) is 14.4. The maximum absolute atomic E-state index is 5.78. The second-order valence-corrected chi connectivity index (χ2v) is 6.42. The van der Waals surface area contributed by atoms with Crippen LogP contribution in [0.25, 0.3) is 0 Å². The molecule has 2 aliphatic rings. The van der Waals surface area contributed by atoms with E-state index in [1.165, 1.54) is 0 Å². The highest BCUT2D eigenvalue weighted by atomic mass is 32.1. The fraction of sp³-hybridized carbons (Fsp3) is 0.562. The Bertz CT molecular complexity index is 552. The zero-order chi connectivity index (χ0) is 16.4. The Morgan fingerprint density at radius 2 is 1.87 bits per heavy atom. The van der Waals surface area contributed by atoms with Crippen LogP contribution in [0.5, 0.6) is 0 Å². The summed E-state index contributed by atoms with van der Waals surface area (Å²) >= 11 is 5.40. The Balaban J connectivity index is 1.54. The van der Waals surface area contributed by atoms with Crippen molar-refractivity contribution in [2.75, 3.05) is 44.6 Å². The lowest BCUT2D eigenvalue weighted by molar-refractivity contribution is -0.00798. The van der Waals surface area contributed by atoms with Crippen molar-refractivity contribution in [1.82, 2.24) is 5.32 Å². The first-order valence-corrected chi connectivity index (χ1v) is 8.10. The lowest BCUT2D eigenvalue weighted by Crippen LogP contribution is -2.45. The van der Waals surface area contributed by atoms with E-state index in [0.717, 1.165) is 11.4 Å². The van der Waals surface area contributed by atoms with E-state index in [0.29, 0.717) is 18.3 Å². The van der Waals surface area contributed by atoms with Gasteiger partial charge in [0.1, 0.15) is 18.3 Å². The summed E-state index contributed by atoms with van der Waals surface area (Å²) in [7, 11) is 5.71. The molecule has 1 aromatic carbocycles. The van der Waals surface area contributed by atoms with Crippen LogP contribution in [0.15, 0.2) is 24.3 Å². The molecule has 0 amide bonds. The molecule has 4 atom stereocenters. The van der Waals surface area contributed by atoms with Crippen molar-refractivity contribution in [3.05, 3.63) is 24.3 Å². The number of benzene rings is 1. The average molecular weight is 337 g/mol. The van der Waals surface area contributed by atoms with Gasteiger partial charge < -0.3 is 29.7 Å². The van der Waals surface area contributed by atoms with Crippen molar-refractivity contribution in [3.8, 4) is 0 Å². The second-order valence-electron chi connectivity index (χ2n) is 6.02. The van der Waals surface area contributed by atoms with Crippen molar-refractivity contribution in [3.63, 3.8) is 0 Å². The van der Waals surface area contributed by atoms with Crippen molar-refractivity contribution in [2.45, 2.75) is 24.4 Å². The lowest BCUT2D eigenvalue weighted by atomic mass is 10.1. The maximum atomic E-state index is 5.78. The quantitative estimate of drug-likeness (QED) is 0.801. The highest BCUT2D eigenvalue weighted by Gasteiger charge is 2.48. The first-order chi connectivity index (χ1) is 11.1. The molecule has 2 fully saturated rings. The van der Waals surface area contributed by atoms with Gasteiger partial charge in [-0.25, -0.2) is 0 Å². The standard InChI is InChI=1S/C16H23N3O3S/c1-19(2)11-6-4-10(5-7-11)17-16(23)18-12-8-21-15-13(20-3)9-22-14(12)15/h4-7,12-15H,8-9H2,1-3H3,(H2,17,18,23)/t12-,13-,14-,15+/m1/s1. The number of ether oxygens (including phenoxy) is 3. The Kier molecular flexibility index (Phi) is 5.01. The summed E-state index contributed by atoms with van der Waals surface area (Å²) in [6, 6.07) is 8.14. The van der Waals surface area contributed by atoms with E-state index in [9.17, 15) is 0 Å². The minimum Gasteiger partial charge on any atom is -0.378 e. The summed E-state index contributed by atoms with van der Waals surface area (Å²) in [4.78, 5) is 2.06. The summed E-state index contributed by atoms with van der Waals surface area (Å²) in [5, 5.41) is 7.06. The maximum Gasteiger partial charge on any atom is 0.171 e. The Labute approximate surface area is 142 Å². The fourth-order valence-corrected chi connectivity index (χ4v) is 3.24. The predicted octanol–water partition coefficient (Wildman–Crippen LogP) is 1.22. The van der Waals surface area contributed by atoms with Gasteiger partial charge in [-0.15, -0.1) is 0 Å². The summed E-state index contributed by atoms with van der Waals surface area (Å²) in [6.45, 7) is 1.13. The molecular formula is C16H23N3O3S. The van der Waals surface area contributed by atoms with E-state index in [1.54, 1.807) is 7.11 Å². The van der Waals surface area contributed by atoms with Gasteiger partial charge in [-0.3, -0.25) is 0 Å². The summed E-state index contributed by atoms with van der Waals surface area (Å²) < 4.78 is 16.9.